The van der Waals surface area contributed by atoms with Crippen molar-refractivity contribution in [1.29, 1.82) is 0 Å². The van der Waals surface area contributed by atoms with Crippen LogP contribution in [0.2, 0.25) is 0 Å². The second-order valence-electron chi connectivity index (χ2n) is 4.23. The smallest absolute Gasteiger partial charge is 0.423 e. The number of hydrogen-bond acceptors (Lipinski definition) is 6. The molecule has 0 unspecified atom stereocenters. The summed E-state index contributed by atoms with van der Waals surface area (Å²) in [6.45, 7) is 0. The lowest BCUT2D eigenvalue weighted by Crippen LogP contribution is -2.30. The van der Waals surface area contributed by atoms with Gasteiger partial charge in [-0.2, -0.15) is 0 Å². The molecule has 0 aromatic heterocycles. The molecule has 2 aromatic carbocycles. The van der Waals surface area contributed by atoms with Crippen LogP contribution in [0.3, 0.4) is 0 Å². The third kappa shape index (κ3) is 3.27. The number of carbonyl (C=O) groups is 1. The minimum atomic E-state index is -1.88. The molecule has 2 aromatic rings. The van der Waals surface area contributed by atoms with Crippen LogP contribution in [0.25, 0.3) is 0 Å². The van der Waals surface area contributed by atoms with Crippen LogP contribution in [0.5, 0.6) is 5.75 Å². The van der Waals surface area contributed by atoms with Gasteiger partial charge < -0.3 is 14.8 Å². The second kappa shape index (κ2) is 6.33. The number of nitro groups is 1. The minimum Gasteiger partial charge on any atom is -0.423 e. The maximum Gasteiger partial charge on any atom is 0.488 e. The average molecular weight is 305 g/mol. The second-order valence-corrected chi connectivity index (χ2v) is 4.23. The first-order chi connectivity index (χ1) is 10.4. The van der Waals surface area contributed by atoms with Crippen LogP contribution >= 0.6 is 0 Å². The molecule has 0 atom stereocenters. The molecule has 0 aliphatic rings. The van der Waals surface area contributed by atoms with Gasteiger partial charge in [0, 0.05) is 6.07 Å². The zero-order valence-corrected chi connectivity index (χ0v) is 11.0. The molecule has 0 aliphatic heterocycles. The number of nitrogens with zero attached hydrogens (tertiary/aromatic N) is 1. The van der Waals surface area contributed by atoms with E-state index in [1.807, 2.05) is 0 Å². The molecule has 0 saturated heterocycles. The quantitative estimate of drug-likeness (QED) is 0.282. The number of esters is 1. The molecule has 112 valence electrons. The van der Waals surface area contributed by atoms with Crippen molar-refractivity contribution in [3.8, 4) is 5.75 Å². The zero-order chi connectivity index (χ0) is 16.3. The van der Waals surface area contributed by atoms with Crippen LogP contribution < -0.4 is 10.2 Å². The lowest BCUT2D eigenvalue weighted by molar-refractivity contribution is -0.385. The first kappa shape index (κ1) is 15.6. The summed E-state index contributed by atoms with van der Waals surface area (Å²) in [7, 11) is -1.88. The summed E-state index contributed by atoms with van der Waals surface area (Å²) in [5.41, 5.74) is -1.05. The predicted molar refractivity (Wildman–Crippen MR) is 74.3 cm³/mol. The molecule has 0 heterocycles. The topological polar surface area (TPSA) is 110 Å². The van der Waals surface area contributed by atoms with Crippen LogP contribution in [-0.2, 0) is 0 Å². The van der Waals surface area contributed by atoms with Crippen molar-refractivity contribution in [3.05, 3.63) is 64.0 Å². The van der Waals surface area contributed by atoms with Gasteiger partial charge >= 0.3 is 18.8 Å². The van der Waals surface area contributed by atoms with Gasteiger partial charge in [0.2, 0.25) is 5.75 Å². The summed E-state index contributed by atoms with van der Waals surface area (Å²) >= 11 is 0. The summed E-state index contributed by atoms with van der Waals surface area (Å²) in [6, 6.07) is 8.07. The maximum atomic E-state index is 13.8. The Kier molecular flexibility index (Phi) is 4.49. The molecule has 0 amide bonds. The number of hydrogen-bond donors (Lipinski definition) is 2. The molecule has 7 nitrogen and oxygen atoms in total. The first-order valence-electron chi connectivity index (χ1n) is 6.01. The summed E-state index contributed by atoms with van der Waals surface area (Å²) in [5, 5.41) is 28.6. The molecule has 2 rings (SSSR count). The van der Waals surface area contributed by atoms with Gasteiger partial charge in [0.15, 0.2) is 0 Å². The van der Waals surface area contributed by atoms with E-state index in [4.69, 9.17) is 14.8 Å². The van der Waals surface area contributed by atoms with E-state index in [1.165, 1.54) is 18.2 Å². The molecule has 2 N–H and O–H groups in total. The number of halogens is 1. The molecule has 9 heteroatoms. The number of rotatable bonds is 4. The maximum absolute atomic E-state index is 13.8. The summed E-state index contributed by atoms with van der Waals surface area (Å²) in [5.74, 6) is -2.48. The number of para-hydroxylation sites is 2. The Morgan fingerprint density at radius 3 is 2.50 bits per heavy atom. The van der Waals surface area contributed by atoms with E-state index in [0.717, 1.165) is 24.3 Å². The molecule has 0 aliphatic carbocycles. The number of benzene rings is 2. The Balaban J connectivity index is 2.29. The van der Waals surface area contributed by atoms with Gasteiger partial charge in [-0.3, -0.25) is 10.1 Å². The van der Waals surface area contributed by atoms with Crippen molar-refractivity contribution in [2.45, 2.75) is 0 Å². The van der Waals surface area contributed by atoms with Gasteiger partial charge in [-0.05, 0) is 23.7 Å². The SMILES string of the molecule is O=C(Oc1ccccc1[N+](=O)[O-])c1ccc(B(O)O)cc1F. The van der Waals surface area contributed by atoms with Crippen molar-refractivity contribution in [1.82, 2.24) is 0 Å². The lowest BCUT2D eigenvalue weighted by atomic mass is 9.80. The van der Waals surface area contributed by atoms with E-state index in [-0.39, 0.29) is 11.2 Å². The summed E-state index contributed by atoms with van der Waals surface area (Å²) in [4.78, 5) is 22.0. The van der Waals surface area contributed by atoms with Gasteiger partial charge in [-0.15, -0.1) is 0 Å². The highest BCUT2D eigenvalue weighted by Crippen LogP contribution is 2.26. The fraction of sp³-hybridized carbons (Fsp3) is 0. The Hall–Kier alpha value is -2.78. The normalized spacial score (nSPS) is 10.1. The highest BCUT2D eigenvalue weighted by molar-refractivity contribution is 6.58. The standard InChI is InChI=1S/C13H9BFNO6/c15-10-7-8(14(18)19)5-6-9(10)13(17)22-12-4-2-1-3-11(12)16(20)21/h1-7,18-19H. The molecular weight excluding hydrogens is 296 g/mol. The monoisotopic (exact) mass is 305 g/mol. The Bertz CT molecular complexity index is 736. The predicted octanol–water partition coefficient (Wildman–Crippen LogP) is 0.633. The van der Waals surface area contributed by atoms with E-state index < -0.39 is 35.1 Å². The van der Waals surface area contributed by atoms with Crippen LogP contribution in [0.4, 0.5) is 10.1 Å². The molecule has 0 saturated carbocycles. The highest BCUT2D eigenvalue weighted by Gasteiger charge is 2.22. The van der Waals surface area contributed by atoms with E-state index in [1.54, 1.807) is 0 Å². The highest BCUT2D eigenvalue weighted by atomic mass is 19.1. The summed E-state index contributed by atoms with van der Waals surface area (Å²) < 4.78 is 18.6. The van der Waals surface area contributed by atoms with E-state index in [9.17, 15) is 19.3 Å². The zero-order valence-electron chi connectivity index (χ0n) is 11.0. The Morgan fingerprint density at radius 2 is 1.91 bits per heavy atom. The van der Waals surface area contributed by atoms with Crippen molar-refractivity contribution < 1.29 is 28.9 Å². The van der Waals surface area contributed by atoms with E-state index in [0.29, 0.717) is 0 Å². The Morgan fingerprint density at radius 1 is 1.23 bits per heavy atom. The van der Waals surface area contributed by atoms with Crippen molar-refractivity contribution in [2.75, 3.05) is 0 Å². The van der Waals surface area contributed by atoms with Crippen LogP contribution in [0, 0.1) is 15.9 Å². The molecule has 0 fully saturated rings. The van der Waals surface area contributed by atoms with Gasteiger partial charge in [0.25, 0.3) is 0 Å². The van der Waals surface area contributed by atoms with E-state index >= 15 is 0 Å². The Labute approximate surface area is 123 Å². The van der Waals surface area contributed by atoms with Gasteiger partial charge in [0.1, 0.15) is 5.82 Å². The third-order valence-corrected chi connectivity index (χ3v) is 2.78. The fourth-order valence-electron chi connectivity index (χ4n) is 1.71. The number of carbonyl (C=O) groups excluding carboxylic acids is 1. The van der Waals surface area contributed by atoms with Gasteiger partial charge in [0.05, 0.1) is 10.5 Å². The number of ether oxygens (including phenoxy) is 1. The van der Waals surface area contributed by atoms with Crippen molar-refractivity contribution in [2.24, 2.45) is 0 Å². The molecule has 0 bridgehead atoms. The van der Waals surface area contributed by atoms with E-state index in [2.05, 4.69) is 0 Å². The van der Waals surface area contributed by atoms with Crippen molar-refractivity contribution in [3.63, 3.8) is 0 Å². The first-order valence-corrected chi connectivity index (χ1v) is 6.01. The minimum absolute atomic E-state index is 0.139. The molecular formula is C13H9BFNO6. The molecule has 0 radical (unpaired) electrons. The van der Waals surface area contributed by atoms with Gasteiger partial charge in [-0.25, -0.2) is 9.18 Å². The fourth-order valence-corrected chi connectivity index (χ4v) is 1.71. The van der Waals surface area contributed by atoms with Crippen LogP contribution in [0.1, 0.15) is 10.4 Å². The summed E-state index contributed by atoms with van der Waals surface area (Å²) in [6.07, 6.45) is 0. The molecule has 22 heavy (non-hydrogen) atoms. The van der Waals surface area contributed by atoms with Crippen molar-refractivity contribution >= 4 is 24.2 Å². The lowest BCUT2D eigenvalue weighted by Gasteiger charge is -2.07. The third-order valence-electron chi connectivity index (χ3n) is 2.78. The molecule has 0 spiro atoms. The van der Waals surface area contributed by atoms with Crippen LogP contribution in [-0.4, -0.2) is 28.1 Å². The average Bonchev–Trinajstić information content (AvgIpc) is 2.47. The number of nitro benzene ring substituents is 1. The largest absolute Gasteiger partial charge is 0.488 e. The van der Waals surface area contributed by atoms with Crippen LogP contribution in [0.15, 0.2) is 42.5 Å². The van der Waals surface area contributed by atoms with Gasteiger partial charge in [-0.1, -0.05) is 18.2 Å².